The van der Waals surface area contributed by atoms with Gasteiger partial charge < -0.3 is 5.32 Å². The average Bonchev–Trinajstić information content (AvgIpc) is 2.39. The molecule has 0 saturated heterocycles. The van der Waals surface area contributed by atoms with Gasteiger partial charge in [-0.3, -0.25) is 4.79 Å². The summed E-state index contributed by atoms with van der Waals surface area (Å²) in [5.41, 5.74) is 3.05. The third-order valence-corrected chi connectivity index (χ3v) is 3.28. The van der Waals surface area contributed by atoms with Gasteiger partial charge in [0, 0.05) is 5.69 Å². The second-order valence-corrected chi connectivity index (χ2v) is 5.03. The summed E-state index contributed by atoms with van der Waals surface area (Å²) in [6, 6.07) is 13.7. The van der Waals surface area contributed by atoms with Gasteiger partial charge in [0.25, 0.3) is 0 Å². The van der Waals surface area contributed by atoms with Gasteiger partial charge in [-0.25, -0.2) is 4.98 Å². The fourth-order valence-corrected chi connectivity index (χ4v) is 2.38. The molecule has 2 rings (SSSR count). The van der Waals surface area contributed by atoms with Crippen LogP contribution >= 0.6 is 0 Å². The number of carbonyl (C=O) groups is 1. The minimum atomic E-state index is -0.140. The summed E-state index contributed by atoms with van der Waals surface area (Å²) in [7, 11) is 0. The number of nitrogens with one attached hydrogen (secondary N) is 1. The quantitative estimate of drug-likeness (QED) is 0.915. The number of aromatic nitrogens is 1. The van der Waals surface area contributed by atoms with Crippen LogP contribution in [0.4, 0.5) is 5.82 Å². The van der Waals surface area contributed by atoms with E-state index in [2.05, 4.69) is 10.3 Å². The molecule has 0 bridgehead atoms. The summed E-state index contributed by atoms with van der Waals surface area (Å²) in [5, 5.41) is 2.92. The van der Waals surface area contributed by atoms with Crippen molar-refractivity contribution in [1.29, 1.82) is 0 Å². The van der Waals surface area contributed by atoms with Crippen molar-refractivity contribution in [3.05, 3.63) is 59.3 Å². The van der Waals surface area contributed by atoms with Crippen molar-refractivity contribution in [2.45, 2.75) is 33.1 Å². The van der Waals surface area contributed by atoms with Crippen LogP contribution in [-0.4, -0.2) is 10.9 Å². The fraction of sp³-hybridized carbons (Fsp3) is 0.294. The van der Waals surface area contributed by atoms with Crippen molar-refractivity contribution in [2.24, 2.45) is 0 Å². The molecule has 3 heteroatoms. The van der Waals surface area contributed by atoms with Gasteiger partial charge in [-0.1, -0.05) is 37.3 Å². The number of amides is 1. The normalized spacial score (nSPS) is 11.9. The van der Waals surface area contributed by atoms with Crippen molar-refractivity contribution in [2.75, 3.05) is 5.32 Å². The maximum absolute atomic E-state index is 12.4. The highest BCUT2D eigenvalue weighted by molar-refractivity contribution is 5.95. The van der Waals surface area contributed by atoms with E-state index in [1.807, 2.05) is 63.2 Å². The van der Waals surface area contributed by atoms with Crippen LogP contribution in [-0.2, 0) is 4.79 Å². The molecule has 2 aromatic rings. The predicted molar refractivity (Wildman–Crippen MR) is 81.8 cm³/mol. The summed E-state index contributed by atoms with van der Waals surface area (Å²) < 4.78 is 0. The van der Waals surface area contributed by atoms with Gasteiger partial charge >= 0.3 is 0 Å². The molecule has 1 heterocycles. The molecule has 1 atom stereocenters. The highest BCUT2D eigenvalue weighted by Gasteiger charge is 2.18. The number of pyridine rings is 1. The Morgan fingerprint density at radius 2 is 1.90 bits per heavy atom. The van der Waals surface area contributed by atoms with Gasteiger partial charge in [-0.05, 0) is 43.5 Å². The van der Waals surface area contributed by atoms with Gasteiger partial charge in [-0.15, -0.1) is 0 Å². The van der Waals surface area contributed by atoms with E-state index in [1.165, 1.54) is 0 Å². The van der Waals surface area contributed by atoms with Crippen LogP contribution in [0.25, 0.3) is 0 Å². The zero-order valence-corrected chi connectivity index (χ0v) is 12.2. The number of aryl methyl sites for hydroxylation is 2. The highest BCUT2D eigenvalue weighted by atomic mass is 16.1. The Morgan fingerprint density at radius 1 is 1.20 bits per heavy atom. The van der Waals surface area contributed by atoms with Gasteiger partial charge in [-0.2, -0.15) is 0 Å². The van der Waals surface area contributed by atoms with E-state index in [0.717, 1.165) is 23.2 Å². The molecule has 3 nitrogen and oxygen atoms in total. The number of anilines is 1. The number of hydrogen-bond acceptors (Lipinski definition) is 2. The first-order valence-electron chi connectivity index (χ1n) is 6.91. The molecule has 0 unspecified atom stereocenters. The lowest BCUT2D eigenvalue weighted by Crippen LogP contribution is -2.21. The molecule has 0 aliphatic heterocycles. The zero-order chi connectivity index (χ0) is 14.5. The van der Waals surface area contributed by atoms with Crippen LogP contribution in [0.15, 0.2) is 42.5 Å². The molecule has 0 radical (unpaired) electrons. The molecule has 1 aromatic carbocycles. The third kappa shape index (κ3) is 3.44. The first kappa shape index (κ1) is 14.3. The monoisotopic (exact) mass is 268 g/mol. The molecule has 1 amide bonds. The van der Waals surface area contributed by atoms with Gasteiger partial charge in [0.1, 0.15) is 5.82 Å². The Balaban J connectivity index is 2.18. The van der Waals surface area contributed by atoms with Crippen molar-refractivity contribution in [3.63, 3.8) is 0 Å². The maximum atomic E-state index is 12.4. The second-order valence-electron chi connectivity index (χ2n) is 5.03. The molecular weight excluding hydrogens is 248 g/mol. The van der Waals surface area contributed by atoms with Gasteiger partial charge in [0.2, 0.25) is 5.91 Å². The largest absolute Gasteiger partial charge is 0.310 e. The molecule has 0 saturated carbocycles. The average molecular weight is 268 g/mol. The van der Waals surface area contributed by atoms with Crippen LogP contribution in [0.2, 0.25) is 0 Å². The van der Waals surface area contributed by atoms with Crippen LogP contribution in [0.3, 0.4) is 0 Å². The van der Waals surface area contributed by atoms with Crippen LogP contribution in [0.1, 0.15) is 36.1 Å². The van der Waals surface area contributed by atoms with E-state index in [4.69, 9.17) is 0 Å². The van der Waals surface area contributed by atoms with E-state index in [-0.39, 0.29) is 11.8 Å². The molecule has 0 aliphatic rings. The summed E-state index contributed by atoms with van der Waals surface area (Å²) >= 11 is 0. The van der Waals surface area contributed by atoms with Crippen LogP contribution in [0, 0.1) is 13.8 Å². The minimum absolute atomic E-state index is 0.00352. The van der Waals surface area contributed by atoms with Crippen LogP contribution in [0.5, 0.6) is 0 Å². The first-order chi connectivity index (χ1) is 9.60. The van der Waals surface area contributed by atoms with Gasteiger partial charge in [0.15, 0.2) is 0 Å². The summed E-state index contributed by atoms with van der Waals surface area (Å²) in [6.07, 6.45) is 0.765. The lowest BCUT2D eigenvalue weighted by Gasteiger charge is -2.15. The van der Waals surface area contributed by atoms with E-state index in [0.29, 0.717) is 5.82 Å². The number of benzene rings is 1. The summed E-state index contributed by atoms with van der Waals surface area (Å²) in [6.45, 7) is 5.95. The van der Waals surface area contributed by atoms with Crippen LogP contribution < -0.4 is 5.32 Å². The molecule has 104 valence electrons. The number of rotatable bonds is 4. The Kier molecular flexibility index (Phi) is 4.51. The van der Waals surface area contributed by atoms with E-state index >= 15 is 0 Å². The van der Waals surface area contributed by atoms with Crippen molar-refractivity contribution in [3.8, 4) is 0 Å². The second kappa shape index (κ2) is 6.33. The highest BCUT2D eigenvalue weighted by Crippen LogP contribution is 2.21. The lowest BCUT2D eigenvalue weighted by molar-refractivity contribution is -0.117. The Hall–Kier alpha value is -2.16. The van der Waals surface area contributed by atoms with Crippen molar-refractivity contribution in [1.82, 2.24) is 4.98 Å². The Labute approximate surface area is 120 Å². The number of carbonyl (C=O) groups excluding carboxylic acids is 1. The number of nitrogens with zero attached hydrogens (tertiary/aromatic N) is 1. The van der Waals surface area contributed by atoms with E-state index in [1.54, 1.807) is 0 Å². The Bertz CT molecular complexity index is 573. The third-order valence-electron chi connectivity index (χ3n) is 3.28. The van der Waals surface area contributed by atoms with Crippen molar-refractivity contribution < 1.29 is 4.79 Å². The van der Waals surface area contributed by atoms with Crippen molar-refractivity contribution >= 4 is 11.7 Å². The molecule has 0 aliphatic carbocycles. The zero-order valence-electron chi connectivity index (χ0n) is 12.2. The standard InChI is InChI=1S/C17H20N2O/c1-4-15(14-8-6-5-7-9-14)17(20)19-16-11-12(2)10-13(3)18-16/h5-11,15H,4H2,1-3H3,(H,18,19,20)/t15-/m0/s1. The predicted octanol–water partition coefficient (Wildman–Crippen LogP) is 3.83. The fourth-order valence-electron chi connectivity index (χ4n) is 2.38. The molecule has 0 fully saturated rings. The molecular formula is C17H20N2O. The lowest BCUT2D eigenvalue weighted by atomic mass is 9.96. The maximum Gasteiger partial charge on any atom is 0.233 e. The summed E-state index contributed by atoms with van der Waals surface area (Å²) in [4.78, 5) is 16.8. The molecule has 0 spiro atoms. The molecule has 1 aromatic heterocycles. The molecule has 1 N–H and O–H groups in total. The molecule has 20 heavy (non-hydrogen) atoms. The van der Waals surface area contributed by atoms with E-state index in [9.17, 15) is 4.79 Å². The topological polar surface area (TPSA) is 42.0 Å². The smallest absolute Gasteiger partial charge is 0.233 e. The Morgan fingerprint density at radius 3 is 2.50 bits per heavy atom. The summed E-state index contributed by atoms with van der Waals surface area (Å²) in [5.74, 6) is 0.483. The first-order valence-corrected chi connectivity index (χ1v) is 6.91. The SMILES string of the molecule is CC[C@H](C(=O)Nc1cc(C)cc(C)n1)c1ccccc1. The minimum Gasteiger partial charge on any atom is -0.310 e. The van der Waals surface area contributed by atoms with E-state index < -0.39 is 0 Å². The number of hydrogen-bond donors (Lipinski definition) is 1. The van der Waals surface area contributed by atoms with Gasteiger partial charge in [0.05, 0.1) is 5.92 Å².